The van der Waals surface area contributed by atoms with Crippen molar-refractivity contribution in [2.45, 2.75) is 6.92 Å². The lowest BCUT2D eigenvalue weighted by Gasteiger charge is -2.19. The second kappa shape index (κ2) is 4.44. The Hall–Kier alpha value is -1.69. The minimum Gasteiger partial charge on any atom is -0.480 e. The molecule has 0 saturated heterocycles. The average Bonchev–Trinajstić information content (AvgIpc) is 2.73. The van der Waals surface area contributed by atoms with Crippen molar-refractivity contribution in [3.8, 4) is 0 Å². The molecule has 0 radical (unpaired) electrons. The summed E-state index contributed by atoms with van der Waals surface area (Å²) in [5, 5.41) is 11.7. The van der Waals surface area contributed by atoms with E-state index < -0.39 is 5.97 Å². The van der Waals surface area contributed by atoms with E-state index in [0.29, 0.717) is 12.4 Å². The third kappa shape index (κ3) is 1.96. The van der Waals surface area contributed by atoms with Crippen LogP contribution >= 0.6 is 11.3 Å². The molecule has 1 N–H and O–H groups in total. The van der Waals surface area contributed by atoms with E-state index in [9.17, 15) is 4.79 Å². The lowest BCUT2D eigenvalue weighted by molar-refractivity contribution is -0.135. The Morgan fingerprint density at radius 2 is 2.38 bits per heavy atom. The molecule has 2 heterocycles. The molecule has 0 amide bonds. The zero-order valence-corrected chi connectivity index (χ0v) is 9.57. The normalized spacial score (nSPS) is 10.6. The Bertz CT molecular complexity index is 511. The van der Waals surface area contributed by atoms with Crippen molar-refractivity contribution in [2.24, 2.45) is 0 Å². The molecule has 0 aliphatic rings. The summed E-state index contributed by atoms with van der Waals surface area (Å²) in [7, 11) is 0. The van der Waals surface area contributed by atoms with Gasteiger partial charge in [0.05, 0.1) is 5.39 Å². The van der Waals surface area contributed by atoms with E-state index in [2.05, 4.69) is 9.97 Å². The SMILES string of the molecule is CCN(CC(=O)O)c1ncnc2sccc12. The molecule has 0 atom stereocenters. The number of hydrogen-bond donors (Lipinski definition) is 1. The molecular formula is C10H11N3O2S. The van der Waals surface area contributed by atoms with Gasteiger partial charge in [-0.15, -0.1) is 11.3 Å². The highest BCUT2D eigenvalue weighted by molar-refractivity contribution is 7.16. The van der Waals surface area contributed by atoms with Crippen LogP contribution in [-0.4, -0.2) is 34.1 Å². The van der Waals surface area contributed by atoms with Crippen LogP contribution in [0.3, 0.4) is 0 Å². The molecule has 0 aliphatic carbocycles. The molecule has 2 aromatic rings. The van der Waals surface area contributed by atoms with E-state index >= 15 is 0 Å². The minimum atomic E-state index is -0.858. The molecule has 0 aliphatic heterocycles. The summed E-state index contributed by atoms with van der Waals surface area (Å²) >= 11 is 1.52. The van der Waals surface area contributed by atoms with Crippen molar-refractivity contribution in [3.63, 3.8) is 0 Å². The number of anilines is 1. The number of aliphatic carboxylic acids is 1. The number of aromatic nitrogens is 2. The summed E-state index contributed by atoms with van der Waals surface area (Å²) in [6.07, 6.45) is 1.47. The van der Waals surface area contributed by atoms with Crippen LogP contribution in [0.15, 0.2) is 17.8 Å². The zero-order valence-electron chi connectivity index (χ0n) is 8.75. The molecule has 2 aromatic heterocycles. The van der Waals surface area contributed by atoms with E-state index in [0.717, 1.165) is 10.2 Å². The predicted molar refractivity (Wildman–Crippen MR) is 62.9 cm³/mol. The van der Waals surface area contributed by atoms with Gasteiger partial charge in [0.15, 0.2) is 0 Å². The van der Waals surface area contributed by atoms with Crippen LogP contribution in [-0.2, 0) is 4.79 Å². The summed E-state index contributed by atoms with van der Waals surface area (Å²) in [5.74, 6) is -0.167. The van der Waals surface area contributed by atoms with Gasteiger partial charge in [-0.1, -0.05) is 0 Å². The molecule has 0 fully saturated rings. The van der Waals surface area contributed by atoms with Crippen LogP contribution in [0.25, 0.3) is 10.2 Å². The number of thiophene rings is 1. The molecule has 0 aromatic carbocycles. The highest BCUT2D eigenvalue weighted by atomic mass is 32.1. The van der Waals surface area contributed by atoms with Crippen LogP contribution in [0.2, 0.25) is 0 Å². The maximum atomic E-state index is 10.7. The first-order valence-electron chi connectivity index (χ1n) is 4.87. The van der Waals surface area contributed by atoms with E-state index in [1.165, 1.54) is 17.7 Å². The summed E-state index contributed by atoms with van der Waals surface area (Å²) in [5.41, 5.74) is 0. The van der Waals surface area contributed by atoms with Gasteiger partial charge in [-0.25, -0.2) is 9.97 Å². The first-order valence-corrected chi connectivity index (χ1v) is 5.75. The van der Waals surface area contributed by atoms with Crippen molar-refractivity contribution in [3.05, 3.63) is 17.8 Å². The van der Waals surface area contributed by atoms with Crippen molar-refractivity contribution < 1.29 is 9.90 Å². The van der Waals surface area contributed by atoms with Gasteiger partial charge < -0.3 is 10.0 Å². The van der Waals surface area contributed by atoms with Gasteiger partial charge in [0.1, 0.15) is 23.5 Å². The number of nitrogens with zero attached hydrogens (tertiary/aromatic N) is 3. The largest absolute Gasteiger partial charge is 0.480 e. The Kier molecular flexibility index (Phi) is 3.00. The molecule has 0 bridgehead atoms. The van der Waals surface area contributed by atoms with E-state index in [-0.39, 0.29) is 6.54 Å². The molecule has 16 heavy (non-hydrogen) atoms. The number of carboxylic acid groups (broad SMARTS) is 1. The lowest BCUT2D eigenvalue weighted by atomic mass is 10.3. The van der Waals surface area contributed by atoms with Crippen LogP contribution in [0.5, 0.6) is 0 Å². The molecule has 6 heteroatoms. The van der Waals surface area contributed by atoms with Gasteiger partial charge in [-0.2, -0.15) is 0 Å². The number of likely N-dealkylation sites (N-methyl/N-ethyl adjacent to an activating group) is 1. The van der Waals surface area contributed by atoms with Gasteiger partial charge in [-0.05, 0) is 18.4 Å². The molecule has 84 valence electrons. The fourth-order valence-electron chi connectivity index (χ4n) is 1.53. The van der Waals surface area contributed by atoms with E-state index in [1.807, 2.05) is 18.4 Å². The fraction of sp³-hybridized carbons (Fsp3) is 0.300. The van der Waals surface area contributed by atoms with Crippen LogP contribution in [0.4, 0.5) is 5.82 Å². The number of carboxylic acids is 1. The number of carbonyl (C=O) groups is 1. The van der Waals surface area contributed by atoms with Crippen molar-refractivity contribution in [1.29, 1.82) is 0 Å². The number of hydrogen-bond acceptors (Lipinski definition) is 5. The van der Waals surface area contributed by atoms with Gasteiger partial charge in [0, 0.05) is 6.54 Å². The molecule has 5 nitrogen and oxygen atoms in total. The van der Waals surface area contributed by atoms with E-state index in [1.54, 1.807) is 4.90 Å². The topological polar surface area (TPSA) is 66.3 Å². The molecule has 0 unspecified atom stereocenters. The van der Waals surface area contributed by atoms with Gasteiger partial charge >= 0.3 is 5.97 Å². The van der Waals surface area contributed by atoms with Crippen LogP contribution < -0.4 is 4.90 Å². The smallest absolute Gasteiger partial charge is 0.323 e. The van der Waals surface area contributed by atoms with Crippen molar-refractivity contribution >= 4 is 33.3 Å². The Morgan fingerprint density at radius 3 is 3.06 bits per heavy atom. The van der Waals surface area contributed by atoms with Gasteiger partial charge in [0.2, 0.25) is 0 Å². The first kappa shape index (κ1) is 10.8. The molecule has 0 spiro atoms. The minimum absolute atomic E-state index is 0.0432. The van der Waals surface area contributed by atoms with Gasteiger partial charge in [0.25, 0.3) is 0 Å². The summed E-state index contributed by atoms with van der Waals surface area (Å²) < 4.78 is 0. The zero-order chi connectivity index (χ0) is 11.5. The second-order valence-corrected chi connectivity index (χ2v) is 4.14. The third-order valence-electron chi connectivity index (χ3n) is 2.25. The Balaban J connectivity index is 2.43. The highest BCUT2D eigenvalue weighted by Crippen LogP contribution is 2.26. The van der Waals surface area contributed by atoms with Crippen LogP contribution in [0, 0.1) is 0 Å². The monoisotopic (exact) mass is 237 g/mol. The second-order valence-electron chi connectivity index (χ2n) is 3.24. The van der Waals surface area contributed by atoms with Crippen molar-refractivity contribution in [1.82, 2.24) is 9.97 Å². The third-order valence-corrected chi connectivity index (χ3v) is 3.07. The average molecular weight is 237 g/mol. The number of rotatable bonds is 4. The Labute approximate surface area is 96.4 Å². The predicted octanol–water partition coefficient (Wildman–Crippen LogP) is 1.60. The van der Waals surface area contributed by atoms with Crippen LogP contribution in [0.1, 0.15) is 6.92 Å². The summed E-state index contributed by atoms with van der Waals surface area (Å²) in [6, 6.07) is 1.92. The molecule has 2 rings (SSSR count). The maximum Gasteiger partial charge on any atom is 0.323 e. The van der Waals surface area contributed by atoms with Gasteiger partial charge in [-0.3, -0.25) is 4.79 Å². The van der Waals surface area contributed by atoms with E-state index in [4.69, 9.17) is 5.11 Å². The molecule has 0 saturated carbocycles. The quantitative estimate of drug-likeness (QED) is 0.875. The fourth-order valence-corrected chi connectivity index (χ4v) is 2.26. The summed E-state index contributed by atoms with van der Waals surface area (Å²) in [4.78, 5) is 21.6. The lowest BCUT2D eigenvalue weighted by Crippen LogP contribution is -2.30. The number of fused-ring (bicyclic) bond motifs is 1. The maximum absolute atomic E-state index is 10.7. The Morgan fingerprint density at radius 1 is 1.56 bits per heavy atom. The summed E-state index contributed by atoms with van der Waals surface area (Å²) in [6.45, 7) is 2.47. The highest BCUT2D eigenvalue weighted by Gasteiger charge is 2.13. The first-order chi connectivity index (χ1) is 7.72. The molecular weight excluding hydrogens is 226 g/mol. The standard InChI is InChI=1S/C10H11N3O2S/c1-2-13(5-8(14)15)9-7-3-4-16-10(7)12-6-11-9/h3-4,6H,2,5H2,1H3,(H,14,15). The van der Waals surface area contributed by atoms with Crippen molar-refractivity contribution in [2.75, 3.05) is 18.0 Å².